The minimum atomic E-state index is -0.635. The van der Waals surface area contributed by atoms with Crippen molar-refractivity contribution in [2.75, 3.05) is 11.1 Å². The molecule has 0 saturated heterocycles. The van der Waals surface area contributed by atoms with E-state index in [1.807, 2.05) is 32.9 Å². The molecule has 0 aliphatic heterocycles. The number of hydrogen-bond donors (Lipinski definition) is 3. The number of hydrogen-bond acceptors (Lipinski definition) is 4. The summed E-state index contributed by atoms with van der Waals surface area (Å²) in [7, 11) is 0. The van der Waals surface area contributed by atoms with Gasteiger partial charge in [-0.2, -0.15) is 0 Å². The molecule has 2 amide bonds. The third kappa shape index (κ3) is 6.04. The highest BCUT2D eigenvalue weighted by atomic mass is 35.5. The Kier molecular flexibility index (Phi) is 8.06. The minimum absolute atomic E-state index is 0. The van der Waals surface area contributed by atoms with Crippen molar-refractivity contribution < 1.29 is 9.59 Å². The standard InChI is InChI=1S/C19H24N4O2.ClH/c1-12(2)10-16(19(25)22-14-8-9-17(20)21-11-14)23-18(24)15-7-5-4-6-13(15)3;/h4-9,11-12,16H,10H2,1-3H3,(H2,20,21)(H,22,25)(H,23,24);1H. The molecule has 0 saturated carbocycles. The van der Waals surface area contributed by atoms with Crippen LogP contribution in [0.5, 0.6) is 0 Å². The molecule has 26 heavy (non-hydrogen) atoms. The fourth-order valence-electron chi connectivity index (χ4n) is 2.48. The zero-order chi connectivity index (χ0) is 18.4. The van der Waals surface area contributed by atoms with E-state index < -0.39 is 6.04 Å². The van der Waals surface area contributed by atoms with E-state index in [0.29, 0.717) is 23.5 Å². The van der Waals surface area contributed by atoms with Crippen LogP contribution < -0.4 is 16.4 Å². The number of aromatic nitrogens is 1. The van der Waals surface area contributed by atoms with Crippen molar-refractivity contribution in [2.45, 2.75) is 33.2 Å². The van der Waals surface area contributed by atoms with Crippen LogP contribution in [0.3, 0.4) is 0 Å². The third-order valence-corrected chi connectivity index (χ3v) is 3.77. The summed E-state index contributed by atoms with van der Waals surface area (Å²) in [5.41, 5.74) is 7.52. The zero-order valence-electron chi connectivity index (χ0n) is 15.2. The SMILES string of the molecule is Cc1ccccc1C(=O)NC(CC(C)C)C(=O)Nc1ccc(N)nc1.Cl. The number of amides is 2. The van der Waals surface area contributed by atoms with Crippen LogP contribution >= 0.6 is 12.4 Å². The maximum absolute atomic E-state index is 12.6. The predicted octanol–water partition coefficient (Wildman–Crippen LogP) is 3.18. The Morgan fingerprint density at radius 1 is 1.15 bits per heavy atom. The van der Waals surface area contributed by atoms with Gasteiger partial charge in [-0.25, -0.2) is 4.98 Å². The van der Waals surface area contributed by atoms with Gasteiger partial charge in [0.25, 0.3) is 5.91 Å². The first-order valence-electron chi connectivity index (χ1n) is 8.25. The first-order chi connectivity index (χ1) is 11.9. The third-order valence-electron chi connectivity index (χ3n) is 3.77. The lowest BCUT2D eigenvalue weighted by Gasteiger charge is -2.20. The van der Waals surface area contributed by atoms with Gasteiger partial charge < -0.3 is 16.4 Å². The molecule has 0 aliphatic rings. The number of carbonyl (C=O) groups is 2. The smallest absolute Gasteiger partial charge is 0.252 e. The fraction of sp³-hybridized carbons (Fsp3) is 0.316. The summed E-state index contributed by atoms with van der Waals surface area (Å²) >= 11 is 0. The molecule has 0 radical (unpaired) electrons. The van der Waals surface area contributed by atoms with Gasteiger partial charge in [0, 0.05) is 5.56 Å². The largest absolute Gasteiger partial charge is 0.384 e. The minimum Gasteiger partial charge on any atom is -0.384 e. The number of nitrogen functional groups attached to an aromatic ring is 1. The van der Waals surface area contributed by atoms with Crippen LogP contribution in [0.25, 0.3) is 0 Å². The molecule has 0 aliphatic carbocycles. The summed E-state index contributed by atoms with van der Waals surface area (Å²) in [6.07, 6.45) is 2.02. The van der Waals surface area contributed by atoms with Crippen molar-refractivity contribution in [1.29, 1.82) is 0 Å². The second-order valence-electron chi connectivity index (χ2n) is 6.43. The first kappa shape index (κ1) is 21.4. The van der Waals surface area contributed by atoms with Crippen LogP contribution in [0.15, 0.2) is 42.6 Å². The van der Waals surface area contributed by atoms with E-state index >= 15 is 0 Å². The number of benzene rings is 1. The van der Waals surface area contributed by atoms with E-state index in [2.05, 4.69) is 15.6 Å². The lowest BCUT2D eigenvalue weighted by molar-refractivity contribution is -0.118. The Hall–Kier alpha value is -2.60. The molecule has 1 aromatic carbocycles. The number of nitrogens with zero attached hydrogens (tertiary/aromatic N) is 1. The molecule has 4 N–H and O–H groups in total. The Bertz CT molecular complexity index is 747. The van der Waals surface area contributed by atoms with Crippen LogP contribution in [-0.2, 0) is 4.79 Å². The fourth-order valence-corrected chi connectivity index (χ4v) is 2.48. The van der Waals surface area contributed by atoms with E-state index in [1.165, 1.54) is 6.20 Å². The normalized spacial score (nSPS) is 11.4. The first-order valence-corrected chi connectivity index (χ1v) is 8.25. The maximum atomic E-state index is 12.6. The van der Waals surface area contributed by atoms with Crippen molar-refractivity contribution >= 4 is 35.7 Å². The second kappa shape index (κ2) is 9.77. The molecule has 140 valence electrons. The highest BCUT2D eigenvalue weighted by molar-refractivity contribution is 6.01. The van der Waals surface area contributed by atoms with Gasteiger partial charge in [-0.05, 0) is 43.0 Å². The lowest BCUT2D eigenvalue weighted by Crippen LogP contribution is -2.44. The highest BCUT2D eigenvalue weighted by Crippen LogP contribution is 2.13. The average Bonchev–Trinajstić information content (AvgIpc) is 2.56. The number of pyridine rings is 1. The Morgan fingerprint density at radius 3 is 2.42 bits per heavy atom. The number of nitrogens with two attached hydrogens (primary N) is 1. The molecule has 6 nitrogen and oxygen atoms in total. The summed E-state index contributed by atoms with van der Waals surface area (Å²) in [6.45, 7) is 5.88. The van der Waals surface area contributed by atoms with Crippen molar-refractivity contribution in [3.8, 4) is 0 Å². The second-order valence-corrected chi connectivity index (χ2v) is 6.43. The quantitative estimate of drug-likeness (QED) is 0.721. The summed E-state index contributed by atoms with van der Waals surface area (Å²) in [4.78, 5) is 29.1. The van der Waals surface area contributed by atoms with Crippen LogP contribution in [-0.4, -0.2) is 22.8 Å². The molecule has 2 aromatic rings. The number of nitrogens with one attached hydrogen (secondary N) is 2. The van der Waals surface area contributed by atoms with Crippen LogP contribution in [0.1, 0.15) is 36.2 Å². The van der Waals surface area contributed by atoms with Crippen LogP contribution in [0, 0.1) is 12.8 Å². The number of aryl methyl sites for hydroxylation is 1. The van der Waals surface area contributed by atoms with Gasteiger partial charge in [-0.1, -0.05) is 32.0 Å². The Balaban J connectivity index is 0.00000338. The van der Waals surface area contributed by atoms with Crippen molar-refractivity contribution in [1.82, 2.24) is 10.3 Å². The molecule has 7 heteroatoms. The number of rotatable bonds is 6. The van der Waals surface area contributed by atoms with Crippen molar-refractivity contribution in [3.05, 3.63) is 53.7 Å². The van der Waals surface area contributed by atoms with Gasteiger partial charge in [-0.3, -0.25) is 9.59 Å². The summed E-state index contributed by atoms with van der Waals surface area (Å²) < 4.78 is 0. The van der Waals surface area contributed by atoms with E-state index in [4.69, 9.17) is 5.73 Å². The molecular weight excluding hydrogens is 352 g/mol. The van der Waals surface area contributed by atoms with Gasteiger partial charge in [0.15, 0.2) is 0 Å². The molecule has 0 bridgehead atoms. The number of halogens is 1. The zero-order valence-corrected chi connectivity index (χ0v) is 16.0. The van der Waals surface area contributed by atoms with Gasteiger partial charge >= 0.3 is 0 Å². The summed E-state index contributed by atoms with van der Waals surface area (Å²) in [5, 5.41) is 5.62. The lowest BCUT2D eigenvalue weighted by atomic mass is 10.0. The summed E-state index contributed by atoms with van der Waals surface area (Å²) in [5.74, 6) is 0.0959. The molecule has 0 fully saturated rings. The van der Waals surface area contributed by atoms with Crippen molar-refractivity contribution in [2.24, 2.45) is 5.92 Å². The monoisotopic (exact) mass is 376 g/mol. The Labute approximate surface area is 160 Å². The van der Waals surface area contributed by atoms with Gasteiger partial charge in [-0.15, -0.1) is 12.4 Å². The van der Waals surface area contributed by atoms with Gasteiger partial charge in [0.1, 0.15) is 11.9 Å². The number of anilines is 2. The van der Waals surface area contributed by atoms with Gasteiger partial charge in [0.2, 0.25) is 5.91 Å². The molecule has 1 unspecified atom stereocenters. The van der Waals surface area contributed by atoms with Gasteiger partial charge in [0.05, 0.1) is 11.9 Å². The molecular formula is C19H25ClN4O2. The highest BCUT2D eigenvalue weighted by Gasteiger charge is 2.23. The van der Waals surface area contributed by atoms with Crippen LogP contribution in [0.2, 0.25) is 0 Å². The average molecular weight is 377 g/mol. The predicted molar refractivity (Wildman–Crippen MR) is 106 cm³/mol. The molecule has 1 atom stereocenters. The molecule has 0 spiro atoms. The Morgan fingerprint density at radius 2 is 1.85 bits per heavy atom. The van der Waals surface area contributed by atoms with E-state index in [0.717, 1.165) is 5.56 Å². The molecule has 1 heterocycles. The van der Waals surface area contributed by atoms with E-state index in [-0.39, 0.29) is 30.1 Å². The topological polar surface area (TPSA) is 97.1 Å². The number of carbonyl (C=O) groups excluding carboxylic acids is 2. The van der Waals surface area contributed by atoms with E-state index in [1.54, 1.807) is 24.3 Å². The van der Waals surface area contributed by atoms with Crippen molar-refractivity contribution in [3.63, 3.8) is 0 Å². The maximum Gasteiger partial charge on any atom is 0.252 e. The summed E-state index contributed by atoms with van der Waals surface area (Å²) in [6, 6.07) is 9.95. The molecule has 2 rings (SSSR count). The molecule has 1 aromatic heterocycles. The van der Waals surface area contributed by atoms with E-state index in [9.17, 15) is 9.59 Å². The van der Waals surface area contributed by atoms with Crippen LogP contribution in [0.4, 0.5) is 11.5 Å².